The summed E-state index contributed by atoms with van der Waals surface area (Å²) in [4.78, 5) is 2.12. The van der Waals surface area contributed by atoms with Crippen LogP contribution in [0.15, 0.2) is 0 Å². The Balaban J connectivity index is 0. The molecule has 0 aliphatic heterocycles. The van der Waals surface area contributed by atoms with Crippen molar-refractivity contribution >= 4 is 0 Å². The molecule has 0 amide bonds. The average Bonchev–Trinajstić information content (AvgIpc) is 2.02. The van der Waals surface area contributed by atoms with E-state index >= 15 is 0 Å². The van der Waals surface area contributed by atoms with E-state index in [1.807, 2.05) is 6.92 Å². The Bertz CT molecular complexity index is 51.5. The average molecular weight is 161 g/mol. The van der Waals surface area contributed by atoms with E-state index in [4.69, 9.17) is 4.74 Å². The lowest BCUT2D eigenvalue weighted by molar-refractivity contribution is 0.148. The van der Waals surface area contributed by atoms with E-state index in [0.717, 1.165) is 26.2 Å². The van der Waals surface area contributed by atoms with Gasteiger partial charge in [0, 0.05) is 13.2 Å². The third-order valence-corrected chi connectivity index (χ3v) is 1.19. The van der Waals surface area contributed by atoms with Crippen molar-refractivity contribution in [3.8, 4) is 0 Å². The standard InChI is InChI=1S/C5H12O.C4H11N/c1-3-5-6-4-2;1-4-5(2)3/h3-5H2,1-2H3;4H2,1-3H3. The summed E-state index contributed by atoms with van der Waals surface area (Å²) < 4.78 is 4.98. The summed E-state index contributed by atoms with van der Waals surface area (Å²) in [5.74, 6) is 0. The quantitative estimate of drug-likeness (QED) is 0.585. The van der Waals surface area contributed by atoms with Gasteiger partial charge in [-0.3, -0.25) is 0 Å². The highest BCUT2D eigenvalue weighted by Crippen LogP contribution is 1.75. The first-order chi connectivity index (χ1) is 5.18. The minimum absolute atomic E-state index is 0.855. The van der Waals surface area contributed by atoms with E-state index < -0.39 is 0 Å². The van der Waals surface area contributed by atoms with Crippen LogP contribution in [0.5, 0.6) is 0 Å². The van der Waals surface area contributed by atoms with Crippen molar-refractivity contribution in [2.75, 3.05) is 33.9 Å². The topological polar surface area (TPSA) is 12.5 Å². The molecule has 11 heavy (non-hydrogen) atoms. The first kappa shape index (κ1) is 13.5. The first-order valence-electron chi connectivity index (χ1n) is 4.41. The SMILES string of the molecule is CCCOCC.CCN(C)C. The zero-order valence-electron chi connectivity index (χ0n) is 8.68. The molecule has 0 fully saturated rings. The van der Waals surface area contributed by atoms with Gasteiger partial charge in [-0.1, -0.05) is 13.8 Å². The lowest BCUT2D eigenvalue weighted by Gasteiger charge is -2.00. The van der Waals surface area contributed by atoms with Crippen molar-refractivity contribution in [3.63, 3.8) is 0 Å². The van der Waals surface area contributed by atoms with Crippen LogP contribution in [-0.2, 0) is 4.74 Å². The van der Waals surface area contributed by atoms with Crippen LogP contribution >= 0.6 is 0 Å². The third-order valence-electron chi connectivity index (χ3n) is 1.19. The Labute approximate surface area is 71.5 Å². The summed E-state index contributed by atoms with van der Waals surface area (Å²) in [7, 11) is 4.11. The van der Waals surface area contributed by atoms with Crippen LogP contribution in [-0.4, -0.2) is 38.8 Å². The monoisotopic (exact) mass is 161 g/mol. The zero-order chi connectivity index (χ0) is 9.11. The molecule has 0 N–H and O–H groups in total. The fourth-order valence-corrected chi connectivity index (χ4v) is 0.289. The molecule has 0 radical (unpaired) electrons. The van der Waals surface area contributed by atoms with Crippen molar-refractivity contribution < 1.29 is 4.74 Å². The number of hydrogen-bond donors (Lipinski definition) is 0. The Hall–Kier alpha value is -0.0800. The molecule has 2 nitrogen and oxygen atoms in total. The highest BCUT2D eigenvalue weighted by molar-refractivity contribution is 4.25. The molecule has 70 valence electrons. The molecule has 0 atom stereocenters. The first-order valence-corrected chi connectivity index (χ1v) is 4.41. The maximum Gasteiger partial charge on any atom is 0.0463 e. The van der Waals surface area contributed by atoms with Crippen LogP contribution in [0.4, 0.5) is 0 Å². The predicted octanol–water partition coefficient (Wildman–Crippen LogP) is 2.00. The second-order valence-corrected chi connectivity index (χ2v) is 2.59. The molecule has 2 heteroatoms. The second kappa shape index (κ2) is 12.6. The molecule has 0 saturated carbocycles. The lowest BCUT2D eigenvalue weighted by Crippen LogP contribution is -2.08. The van der Waals surface area contributed by atoms with Gasteiger partial charge >= 0.3 is 0 Å². The number of nitrogens with zero attached hydrogens (tertiary/aromatic N) is 1. The fourth-order valence-electron chi connectivity index (χ4n) is 0.289. The van der Waals surface area contributed by atoms with E-state index in [9.17, 15) is 0 Å². The van der Waals surface area contributed by atoms with Gasteiger partial charge in [-0.15, -0.1) is 0 Å². The van der Waals surface area contributed by atoms with Crippen LogP contribution in [0, 0.1) is 0 Å². The van der Waals surface area contributed by atoms with Crippen molar-refractivity contribution in [2.45, 2.75) is 27.2 Å². The number of hydrogen-bond acceptors (Lipinski definition) is 2. The second-order valence-electron chi connectivity index (χ2n) is 2.59. The summed E-state index contributed by atoms with van der Waals surface area (Å²) in [5.41, 5.74) is 0. The molecule has 0 bridgehead atoms. The Morgan fingerprint density at radius 1 is 1.09 bits per heavy atom. The van der Waals surface area contributed by atoms with E-state index in [1.165, 1.54) is 0 Å². The maximum absolute atomic E-state index is 4.98. The van der Waals surface area contributed by atoms with Crippen LogP contribution in [0.1, 0.15) is 27.2 Å². The summed E-state index contributed by atoms with van der Waals surface area (Å²) in [6.45, 7) is 9.15. The molecule has 0 rings (SSSR count). The highest BCUT2D eigenvalue weighted by atomic mass is 16.5. The van der Waals surface area contributed by atoms with Gasteiger partial charge in [0.1, 0.15) is 0 Å². The molecule has 0 unspecified atom stereocenters. The van der Waals surface area contributed by atoms with Gasteiger partial charge in [-0.05, 0) is 34.0 Å². The van der Waals surface area contributed by atoms with Gasteiger partial charge in [-0.2, -0.15) is 0 Å². The fraction of sp³-hybridized carbons (Fsp3) is 1.00. The molecular weight excluding hydrogens is 138 g/mol. The molecule has 0 aromatic rings. The number of rotatable bonds is 4. The number of ether oxygens (including phenoxy) is 1. The maximum atomic E-state index is 4.98. The molecule has 0 aromatic heterocycles. The lowest BCUT2D eigenvalue weighted by atomic mass is 10.5. The van der Waals surface area contributed by atoms with Crippen molar-refractivity contribution in [2.24, 2.45) is 0 Å². The largest absolute Gasteiger partial charge is 0.382 e. The van der Waals surface area contributed by atoms with Crippen LogP contribution in [0.25, 0.3) is 0 Å². The van der Waals surface area contributed by atoms with Gasteiger partial charge < -0.3 is 9.64 Å². The zero-order valence-corrected chi connectivity index (χ0v) is 8.68. The van der Waals surface area contributed by atoms with Crippen LogP contribution < -0.4 is 0 Å². The third kappa shape index (κ3) is 25.7. The summed E-state index contributed by atoms with van der Waals surface area (Å²) in [5, 5.41) is 0. The summed E-state index contributed by atoms with van der Waals surface area (Å²) in [6, 6.07) is 0. The van der Waals surface area contributed by atoms with E-state index in [2.05, 4.69) is 32.8 Å². The van der Waals surface area contributed by atoms with Gasteiger partial charge in [0.2, 0.25) is 0 Å². The minimum atomic E-state index is 0.855. The van der Waals surface area contributed by atoms with Crippen molar-refractivity contribution in [1.82, 2.24) is 4.90 Å². The molecule has 0 spiro atoms. The Morgan fingerprint density at radius 2 is 1.55 bits per heavy atom. The normalized spacial score (nSPS) is 9.27. The van der Waals surface area contributed by atoms with E-state index in [1.54, 1.807) is 0 Å². The van der Waals surface area contributed by atoms with Crippen molar-refractivity contribution in [3.05, 3.63) is 0 Å². The predicted molar refractivity (Wildman–Crippen MR) is 51.0 cm³/mol. The summed E-state index contributed by atoms with van der Waals surface area (Å²) in [6.07, 6.45) is 1.13. The van der Waals surface area contributed by atoms with Crippen molar-refractivity contribution in [1.29, 1.82) is 0 Å². The van der Waals surface area contributed by atoms with Gasteiger partial charge in [0.05, 0.1) is 0 Å². The highest BCUT2D eigenvalue weighted by Gasteiger charge is 1.73. The van der Waals surface area contributed by atoms with E-state index in [0.29, 0.717) is 0 Å². The van der Waals surface area contributed by atoms with Crippen LogP contribution in [0.2, 0.25) is 0 Å². The summed E-state index contributed by atoms with van der Waals surface area (Å²) >= 11 is 0. The van der Waals surface area contributed by atoms with Gasteiger partial charge in [0.25, 0.3) is 0 Å². The molecule has 0 aromatic carbocycles. The molecule has 0 saturated heterocycles. The molecule has 0 aliphatic rings. The van der Waals surface area contributed by atoms with Gasteiger partial charge in [0.15, 0.2) is 0 Å². The minimum Gasteiger partial charge on any atom is -0.382 e. The van der Waals surface area contributed by atoms with Gasteiger partial charge in [-0.25, -0.2) is 0 Å². The molecular formula is C9H23NO. The molecule has 0 heterocycles. The van der Waals surface area contributed by atoms with E-state index in [-0.39, 0.29) is 0 Å². The van der Waals surface area contributed by atoms with Crippen LogP contribution in [0.3, 0.4) is 0 Å². The Kier molecular flexibility index (Phi) is 15.4. The Morgan fingerprint density at radius 3 is 1.64 bits per heavy atom. The smallest absolute Gasteiger partial charge is 0.0463 e. The molecule has 0 aliphatic carbocycles.